The molecule has 19 heavy (non-hydrogen) atoms. The minimum absolute atomic E-state index is 0.0647. The average Bonchev–Trinajstić information content (AvgIpc) is 2.23. The van der Waals surface area contributed by atoms with Gasteiger partial charge in [-0.2, -0.15) is 0 Å². The molecule has 0 aromatic heterocycles. The summed E-state index contributed by atoms with van der Waals surface area (Å²) < 4.78 is 0. The van der Waals surface area contributed by atoms with Gasteiger partial charge in [0.1, 0.15) is 0 Å². The number of hydrogen-bond acceptors (Lipinski definition) is 4. The third-order valence-electron chi connectivity index (χ3n) is 2.44. The molecule has 0 aliphatic rings. The molecule has 0 saturated carbocycles. The van der Waals surface area contributed by atoms with E-state index in [1.165, 1.54) is 4.90 Å². The number of aliphatic hydroxyl groups is 1. The Bertz CT molecular complexity index is 300. The van der Waals surface area contributed by atoms with Crippen LogP contribution < -0.4 is 5.32 Å². The normalized spacial score (nSPS) is 11.5. The molecule has 0 spiro atoms. The lowest BCUT2D eigenvalue weighted by Gasteiger charge is -2.26. The van der Waals surface area contributed by atoms with E-state index in [0.29, 0.717) is 13.1 Å². The summed E-state index contributed by atoms with van der Waals surface area (Å²) in [4.78, 5) is 26.5. The van der Waals surface area contributed by atoms with Gasteiger partial charge >= 0.3 is 0 Å². The van der Waals surface area contributed by atoms with Crippen LogP contribution in [0.4, 0.5) is 0 Å². The van der Waals surface area contributed by atoms with E-state index < -0.39 is 5.60 Å². The highest BCUT2D eigenvalue weighted by Gasteiger charge is 2.19. The number of carbonyl (C=O) groups is 2. The Morgan fingerprint density at radius 2 is 1.79 bits per heavy atom. The zero-order valence-electron chi connectivity index (χ0n) is 12.7. The zero-order valence-corrected chi connectivity index (χ0v) is 12.7. The van der Waals surface area contributed by atoms with Crippen LogP contribution in [0.25, 0.3) is 0 Å². The van der Waals surface area contributed by atoms with Gasteiger partial charge < -0.3 is 15.3 Å². The number of amides is 2. The fraction of sp³-hybridized carbons (Fsp3) is 0.846. The van der Waals surface area contributed by atoms with Gasteiger partial charge in [-0.1, -0.05) is 6.92 Å². The van der Waals surface area contributed by atoms with Crippen LogP contribution in [0.3, 0.4) is 0 Å². The van der Waals surface area contributed by atoms with E-state index in [0.717, 1.165) is 6.42 Å². The third kappa shape index (κ3) is 9.44. The molecule has 0 radical (unpaired) electrons. The van der Waals surface area contributed by atoms with Crippen molar-refractivity contribution in [1.29, 1.82) is 0 Å². The van der Waals surface area contributed by atoms with Gasteiger partial charge in [0.15, 0.2) is 0 Å². The molecule has 0 heterocycles. The lowest BCUT2D eigenvalue weighted by atomic mass is 10.1. The number of nitrogens with one attached hydrogen (secondary N) is 1. The molecule has 6 nitrogen and oxygen atoms in total. The number of rotatable bonds is 8. The van der Waals surface area contributed by atoms with Crippen LogP contribution in [0.15, 0.2) is 0 Å². The summed E-state index contributed by atoms with van der Waals surface area (Å²) in [6, 6.07) is 0. The average molecular weight is 273 g/mol. The number of likely N-dealkylation sites (N-methyl/N-ethyl adjacent to an activating group) is 2. The Morgan fingerprint density at radius 3 is 2.26 bits per heavy atom. The van der Waals surface area contributed by atoms with Crippen molar-refractivity contribution in [3.05, 3.63) is 0 Å². The van der Waals surface area contributed by atoms with Crippen molar-refractivity contribution >= 4 is 11.8 Å². The molecule has 6 heteroatoms. The summed E-state index contributed by atoms with van der Waals surface area (Å²) in [6.07, 6.45) is 0.873. The maximum absolute atomic E-state index is 11.9. The van der Waals surface area contributed by atoms with Crippen molar-refractivity contribution in [2.45, 2.75) is 32.8 Å². The van der Waals surface area contributed by atoms with Gasteiger partial charge in [0, 0.05) is 20.1 Å². The predicted molar refractivity (Wildman–Crippen MR) is 74.7 cm³/mol. The van der Waals surface area contributed by atoms with Gasteiger partial charge in [0.05, 0.1) is 18.7 Å². The molecule has 0 saturated heterocycles. The smallest absolute Gasteiger partial charge is 0.239 e. The summed E-state index contributed by atoms with van der Waals surface area (Å²) in [5, 5.41) is 12.4. The van der Waals surface area contributed by atoms with Gasteiger partial charge in [0.25, 0.3) is 0 Å². The number of nitrogens with zero attached hydrogens (tertiary/aromatic N) is 2. The van der Waals surface area contributed by atoms with Crippen LogP contribution in [0, 0.1) is 0 Å². The Balaban J connectivity index is 4.09. The van der Waals surface area contributed by atoms with Crippen LogP contribution in [-0.4, -0.2) is 72.6 Å². The van der Waals surface area contributed by atoms with Crippen molar-refractivity contribution in [3.8, 4) is 0 Å². The quantitative estimate of drug-likeness (QED) is 0.635. The molecule has 0 aromatic carbocycles. The highest BCUT2D eigenvalue weighted by Crippen LogP contribution is 2.03. The number of carbonyl (C=O) groups excluding carboxylic acids is 2. The molecule has 2 N–H and O–H groups in total. The summed E-state index contributed by atoms with van der Waals surface area (Å²) in [5.41, 5.74) is -0.841. The monoisotopic (exact) mass is 273 g/mol. The molecule has 112 valence electrons. The van der Waals surface area contributed by atoms with Gasteiger partial charge in [-0.25, -0.2) is 0 Å². The molecule has 0 aliphatic heterocycles. The second kappa shape index (κ2) is 8.12. The fourth-order valence-corrected chi connectivity index (χ4v) is 1.69. The van der Waals surface area contributed by atoms with Crippen LogP contribution in [-0.2, 0) is 9.59 Å². The summed E-state index contributed by atoms with van der Waals surface area (Å²) in [5.74, 6) is -0.291. The predicted octanol–water partition coefficient (Wildman–Crippen LogP) is -0.326. The molecule has 0 atom stereocenters. The van der Waals surface area contributed by atoms with Gasteiger partial charge in [-0.15, -0.1) is 0 Å². The first-order valence-electron chi connectivity index (χ1n) is 6.57. The van der Waals surface area contributed by atoms with E-state index in [1.807, 2.05) is 6.92 Å². The van der Waals surface area contributed by atoms with E-state index in [1.54, 1.807) is 32.8 Å². The Morgan fingerprint density at radius 1 is 1.21 bits per heavy atom. The maximum Gasteiger partial charge on any atom is 0.239 e. The van der Waals surface area contributed by atoms with E-state index in [9.17, 15) is 14.7 Å². The van der Waals surface area contributed by atoms with E-state index in [2.05, 4.69) is 5.32 Å². The van der Waals surface area contributed by atoms with Crippen LogP contribution in [0.1, 0.15) is 27.2 Å². The van der Waals surface area contributed by atoms with E-state index in [-0.39, 0.29) is 24.9 Å². The van der Waals surface area contributed by atoms with Gasteiger partial charge in [0.2, 0.25) is 11.8 Å². The summed E-state index contributed by atoms with van der Waals surface area (Å²) in [6.45, 7) is 6.62. The fourth-order valence-electron chi connectivity index (χ4n) is 1.69. The van der Waals surface area contributed by atoms with Crippen molar-refractivity contribution < 1.29 is 14.7 Å². The van der Waals surface area contributed by atoms with Crippen molar-refractivity contribution in [2.75, 3.05) is 40.3 Å². The highest BCUT2D eigenvalue weighted by molar-refractivity contribution is 5.85. The molecule has 0 unspecified atom stereocenters. The van der Waals surface area contributed by atoms with Crippen molar-refractivity contribution in [2.24, 2.45) is 0 Å². The Hall–Kier alpha value is -1.14. The first-order chi connectivity index (χ1) is 8.65. The minimum atomic E-state index is -0.841. The second-order valence-electron chi connectivity index (χ2n) is 5.58. The topological polar surface area (TPSA) is 72.9 Å². The van der Waals surface area contributed by atoms with E-state index in [4.69, 9.17) is 0 Å². The lowest BCUT2D eigenvalue weighted by Crippen LogP contribution is -2.45. The maximum atomic E-state index is 11.9. The van der Waals surface area contributed by atoms with Crippen molar-refractivity contribution in [1.82, 2.24) is 15.1 Å². The molecule has 0 fully saturated rings. The second-order valence-corrected chi connectivity index (χ2v) is 5.58. The summed E-state index contributed by atoms with van der Waals surface area (Å²) in [7, 11) is 3.37. The van der Waals surface area contributed by atoms with Crippen LogP contribution in [0.5, 0.6) is 0 Å². The molecular formula is C13H27N3O3. The Labute approximate surface area is 115 Å². The van der Waals surface area contributed by atoms with E-state index >= 15 is 0 Å². The first kappa shape index (κ1) is 17.9. The number of hydrogen-bond donors (Lipinski definition) is 2. The zero-order chi connectivity index (χ0) is 15.1. The van der Waals surface area contributed by atoms with Crippen LogP contribution >= 0.6 is 0 Å². The highest BCUT2D eigenvalue weighted by atomic mass is 16.3. The molecule has 0 rings (SSSR count). The lowest BCUT2D eigenvalue weighted by molar-refractivity contribution is -0.135. The largest absolute Gasteiger partial charge is 0.389 e. The molecule has 0 bridgehead atoms. The third-order valence-corrected chi connectivity index (χ3v) is 2.44. The minimum Gasteiger partial charge on any atom is -0.389 e. The van der Waals surface area contributed by atoms with Crippen LogP contribution in [0.2, 0.25) is 0 Å². The SMILES string of the molecule is CCCNC(=O)CN(C)C(=O)CN(C)CC(C)(C)O. The van der Waals surface area contributed by atoms with Gasteiger partial charge in [-0.05, 0) is 27.3 Å². The molecular weight excluding hydrogens is 246 g/mol. The van der Waals surface area contributed by atoms with Crippen molar-refractivity contribution in [3.63, 3.8) is 0 Å². The molecule has 2 amide bonds. The summed E-state index contributed by atoms with van der Waals surface area (Å²) >= 11 is 0. The molecule has 0 aromatic rings. The van der Waals surface area contributed by atoms with Gasteiger partial charge in [-0.3, -0.25) is 14.5 Å². The first-order valence-corrected chi connectivity index (χ1v) is 6.57. The Kier molecular flexibility index (Phi) is 7.63. The molecule has 0 aliphatic carbocycles. The standard InChI is InChI=1S/C13H27N3O3/c1-6-7-14-11(17)8-16(5)12(18)9-15(4)10-13(2,3)19/h19H,6-10H2,1-5H3,(H,14,17).